The zero-order chi connectivity index (χ0) is 22.4. The monoisotopic (exact) mass is 425 g/mol. The molecule has 0 saturated heterocycles. The van der Waals surface area contributed by atoms with Crippen LogP contribution in [0.3, 0.4) is 0 Å². The van der Waals surface area contributed by atoms with E-state index in [1.54, 1.807) is 14.2 Å². The summed E-state index contributed by atoms with van der Waals surface area (Å²) in [5, 5.41) is 6.00. The van der Waals surface area contributed by atoms with Crippen molar-refractivity contribution in [1.29, 1.82) is 0 Å². The molecule has 0 radical (unpaired) electrons. The molecule has 2 aromatic carbocycles. The Hall–Kier alpha value is -3.06. The Morgan fingerprint density at radius 1 is 1.10 bits per heavy atom. The first-order chi connectivity index (χ1) is 14.9. The SMILES string of the molecule is COc1ccc(OC)c(C(C)NC(=O)CN(C)Cc2ccc(C(=O)NC3CC3)cc2)c1. The number of benzene rings is 2. The molecule has 1 unspecified atom stereocenters. The Kier molecular flexibility index (Phi) is 7.52. The number of hydrogen-bond donors (Lipinski definition) is 2. The van der Waals surface area contributed by atoms with E-state index in [1.807, 2.05) is 61.3 Å². The first kappa shape index (κ1) is 22.6. The third-order valence-corrected chi connectivity index (χ3v) is 5.28. The van der Waals surface area contributed by atoms with Gasteiger partial charge in [0.15, 0.2) is 0 Å². The number of nitrogens with one attached hydrogen (secondary N) is 2. The number of carbonyl (C=O) groups excluding carboxylic acids is 2. The molecule has 1 aliphatic rings. The Balaban J connectivity index is 1.51. The summed E-state index contributed by atoms with van der Waals surface area (Å²) in [4.78, 5) is 26.6. The van der Waals surface area contributed by atoms with E-state index >= 15 is 0 Å². The Labute approximate surface area is 183 Å². The minimum Gasteiger partial charge on any atom is -0.497 e. The lowest BCUT2D eigenvalue weighted by Gasteiger charge is -2.21. The molecule has 31 heavy (non-hydrogen) atoms. The largest absolute Gasteiger partial charge is 0.497 e. The number of amides is 2. The molecule has 0 bridgehead atoms. The molecule has 2 amide bonds. The van der Waals surface area contributed by atoms with Gasteiger partial charge >= 0.3 is 0 Å². The van der Waals surface area contributed by atoms with Crippen LogP contribution in [-0.4, -0.2) is 50.6 Å². The van der Waals surface area contributed by atoms with E-state index < -0.39 is 0 Å². The summed E-state index contributed by atoms with van der Waals surface area (Å²) in [5.74, 6) is 1.31. The van der Waals surface area contributed by atoms with Gasteiger partial charge in [-0.05, 0) is 62.7 Å². The molecule has 7 heteroatoms. The van der Waals surface area contributed by atoms with Crippen molar-refractivity contribution in [3.05, 3.63) is 59.2 Å². The maximum Gasteiger partial charge on any atom is 0.251 e. The zero-order valence-corrected chi connectivity index (χ0v) is 18.6. The van der Waals surface area contributed by atoms with E-state index in [2.05, 4.69) is 10.6 Å². The number of nitrogens with zero attached hydrogens (tertiary/aromatic N) is 1. The van der Waals surface area contributed by atoms with Crippen LogP contribution in [0.1, 0.15) is 47.3 Å². The normalized spacial score (nSPS) is 14.1. The van der Waals surface area contributed by atoms with Crippen molar-refractivity contribution < 1.29 is 19.1 Å². The highest BCUT2D eigenvalue weighted by Gasteiger charge is 2.23. The average molecular weight is 426 g/mol. The first-order valence-corrected chi connectivity index (χ1v) is 10.5. The van der Waals surface area contributed by atoms with E-state index in [-0.39, 0.29) is 24.4 Å². The third-order valence-electron chi connectivity index (χ3n) is 5.28. The van der Waals surface area contributed by atoms with Gasteiger partial charge in [-0.1, -0.05) is 12.1 Å². The Bertz CT molecular complexity index is 910. The lowest BCUT2D eigenvalue weighted by Crippen LogP contribution is -2.36. The fraction of sp³-hybridized carbons (Fsp3) is 0.417. The van der Waals surface area contributed by atoms with Gasteiger partial charge in [0.1, 0.15) is 11.5 Å². The van der Waals surface area contributed by atoms with Crippen LogP contribution in [0.15, 0.2) is 42.5 Å². The van der Waals surface area contributed by atoms with E-state index in [1.165, 1.54) is 0 Å². The topological polar surface area (TPSA) is 79.9 Å². The number of likely N-dealkylation sites (N-methyl/N-ethyl adjacent to an activating group) is 1. The van der Waals surface area contributed by atoms with Crippen LogP contribution < -0.4 is 20.1 Å². The third kappa shape index (κ3) is 6.46. The fourth-order valence-electron chi connectivity index (χ4n) is 3.41. The minimum atomic E-state index is -0.227. The number of ether oxygens (including phenoxy) is 2. The number of rotatable bonds is 10. The molecule has 166 valence electrons. The van der Waals surface area contributed by atoms with Crippen molar-refractivity contribution in [2.45, 2.75) is 38.4 Å². The fourth-order valence-corrected chi connectivity index (χ4v) is 3.41. The van der Waals surface area contributed by atoms with Crippen LogP contribution in [0, 0.1) is 0 Å². The van der Waals surface area contributed by atoms with Crippen LogP contribution in [-0.2, 0) is 11.3 Å². The van der Waals surface area contributed by atoms with Gasteiger partial charge in [0, 0.05) is 23.7 Å². The molecule has 0 aliphatic heterocycles. The second-order valence-corrected chi connectivity index (χ2v) is 8.01. The smallest absolute Gasteiger partial charge is 0.251 e. The lowest BCUT2D eigenvalue weighted by molar-refractivity contribution is -0.122. The Morgan fingerprint density at radius 3 is 2.42 bits per heavy atom. The molecule has 0 heterocycles. The van der Waals surface area contributed by atoms with Crippen LogP contribution >= 0.6 is 0 Å². The average Bonchev–Trinajstić information content (AvgIpc) is 3.57. The minimum absolute atomic E-state index is 0.0243. The number of carbonyl (C=O) groups is 2. The van der Waals surface area contributed by atoms with Crippen LogP contribution in [0.2, 0.25) is 0 Å². The lowest BCUT2D eigenvalue weighted by atomic mass is 10.1. The molecule has 3 rings (SSSR count). The maximum absolute atomic E-state index is 12.6. The summed E-state index contributed by atoms with van der Waals surface area (Å²) in [7, 11) is 5.11. The molecular weight excluding hydrogens is 394 g/mol. The van der Waals surface area contributed by atoms with E-state index in [0.717, 1.165) is 24.0 Å². The molecule has 0 aromatic heterocycles. The first-order valence-electron chi connectivity index (χ1n) is 10.5. The molecule has 0 spiro atoms. The van der Waals surface area contributed by atoms with Gasteiger partial charge in [-0.25, -0.2) is 0 Å². The second-order valence-electron chi connectivity index (χ2n) is 8.01. The summed E-state index contributed by atoms with van der Waals surface area (Å²) in [6, 6.07) is 13.2. The van der Waals surface area contributed by atoms with Crippen molar-refractivity contribution in [3.63, 3.8) is 0 Å². The highest BCUT2D eigenvalue weighted by Crippen LogP contribution is 2.29. The predicted molar refractivity (Wildman–Crippen MR) is 119 cm³/mol. The van der Waals surface area contributed by atoms with Crippen molar-refractivity contribution in [2.24, 2.45) is 0 Å². The summed E-state index contributed by atoms with van der Waals surface area (Å²) in [6.45, 7) is 2.77. The van der Waals surface area contributed by atoms with Crippen molar-refractivity contribution >= 4 is 11.8 Å². The van der Waals surface area contributed by atoms with Crippen molar-refractivity contribution in [2.75, 3.05) is 27.8 Å². The van der Waals surface area contributed by atoms with Gasteiger partial charge in [0.25, 0.3) is 5.91 Å². The van der Waals surface area contributed by atoms with Crippen molar-refractivity contribution in [1.82, 2.24) is 15.5 Å². The molecule has 7 nitrogen and oxygen atoms in total. The van der Waals surface area contributed by atoms with E-state index in [9.17, 15) is 9.59 Å². The van der Waals surface area contributed by atoms with E-state index in [4.69, 9.17) is 9.47 Å². The van der Waals surface area contributed by atoms with Gasteiger partial charge < -0.3 is 20.1 Å². The van der Waals surface area contributed by atoms with Gasteiger partial charge in [0.2, 0.25) is 5.91 Å². The van der Waals surface area contributed by atoms with Gasteiger partial charge in [-0.2, -0.15) is 0 Å². The van der Waals surface area contributed by atoms with Gasteiger partial charge in [-0.15, -0.1) is 0 Å². The zero-order valence-electron chi connectivity index (χ0n) is 18.6. The molecule has 2 aromatic rings. The van der Waals surface area contributed by atoms with Crippen molar-refractivity contribution in [3.8, 4) is 11.5 Å². The van der Waals surface area contributed by atoms with E-state index in [0.29, 0.717) is 29.6 Å². The van der Waals surface area contributed by atoms with Crippen LogP contribution in [0.25, 0.3) is 0 Å². The molecular formula is C24H31N3O4. The second kappa shape index (κ2) is 10.3. The quantitative estimate of drug-likeness (QED) is 0.612. The summed E-state index contributed by atoms with van der Waals surface area (Å²) in [5.41, 5.74) is 2.57. The standard InChI is InChI=1S/C24H31N3O4/c1-16(21-13-20(30-3)11-12-22(21)31-4)25-23(28)15-27(2)14-17-5-7-18(8-6-17)24(29)26-19-9-10-19/h5-8,11-13,16,19H,9-10,14-15H2,1-4H3,(H,25,28)(H,26,29). The summed E-state index contributed by atoms with van der Waals surface area (Å²) < 4.78 is 10.7. The predicted octanol–water partition coefficient (Wildman–Crippen LogP) is 2.91. The maximum atomic E-state index is 12.6. The van der Waals surface area contributed by atoms with Gasteiger partial charge in [0.05, 0.1) is 26.8 Å². The highest BCUT2D eigenvalue weighted by molar-refractivity contribution is 5.94. The number of methoxy groups -OCH3 is 2. The Morgan fingerprint density at radius 2 is 1.81 bits per heavy atom. The number of hydrogen-bond acceptors (Lipinski definition) is 5. The molecule has 2 N–H and O–H groups in total. The highest BCUT2D eigenvalue weighted by atomic mass is 16.5. The summed E-state index contributed by atoms with van der Waals surface area (Å²) in [6.07, 6.45) is 2.14. The summed E-state index contributed by atoms with van der Waals surface area (Å²) >= 11 is 0. The molecule has 1 saturated carbocycles. The van der Waals surface area contributed by atoms with Crippen LogP contribution in [0.4, 0.5) is 0 Å². The molecule has 1 fully saturated rings. The van der Waals surface area contributed by atoms with Crippen LogP contribution in [0.5, 0.6) is 11.5 Å². The molecule has 1 aliphatic carbocycles. The van der Waals surface area contributed by atoms with Gasteiger partial charge in [-0.3, -0.25) is 14.5 Å². The molecule has 1 atom stereocenters.